The third-order valence-electron chi connectivity index (χ3n) is 3.39. The fourth-order valence-corrected chi connectivity index (χ4v) is 3.72. The highest BCUT2D eigenvalue weighted by Crippen LogP contribution is 2.34. The quantitative estimate of drug-likeness (QED) is 0.333. The van der Waals surface area contributed by atoms with Crippen LogP contribution in [0.15, 0.2) is 34.0 Å². The predicted molar refractivity (Wildman–Crippen MR) is 83.4 cm³/mol. The number of carbonyl (C=O) groups excluding carboxylic acids is 2. The van der Waals surface area contributed by atoms with E-state index in [2.05, 4.69) is 16.8 Å². The van der Waals surface area contributed by atoms with E-state index in [0.29, 0.717) is 11.5 Å². The molecule has 0 aliphatic carbocycles. The second kappa shape index (κ2) is 6.69. The number of rotatable bonds is 6. The van der Waals surface area contributed by atoms with Crippen LogP contribution >= 0.6 is 23.1 Å². The Labute approximate surface area is 140 Å². The van der Waals surface area contributed by atoms with Gasteiger partial charge in [-0.15, -0.1) is 10.2 Å². The van der Waals surface area contributed by atoms with E-state index in [1.165, 1.54) is 34.1 Å². The van der Waals surface area contributed by atoms with Gasteiger partial charge in [-0.1, -0.05) is 35.8 Å². The predicted octanol–water partition coefficient (Wildman–Crippen LogP) is 0.139. The van der Waals surface area contributed by atoms with Crippen molar-refractivity contribution in [3.05, 3.63) is 29.6 Å². The standard InChI is InChI=1S/C13H14N4O4S2/c1-2-3-20-12(19)10-8(5-22-13-16-15-6-23-13)21-4-7-9(14)11(18)17(7)10/h2,6-7,9H,1,3-5,14H2/t7-,9+/m1/s1. The smallest absolute Gasteiger partial charge is 0.358 e. The number of thioether (sulfide) groups is 1. The summed E-state index contributed by atoms with van der Waals surface area (Å²) in [7, 11) is 0. The van der Waals surface area contributed by atoms with E-state index in [1.807, 2.05) is 0 Å². The van der Waals surface area contributed by atoms with Crippen LogP contribution in [0.4, 0.5) is 0 Å². The van der Waals surface area contributed by atoms with Gasteiger partial charge >= 0.3 is 5.97 Å². The van der Waals surface area contributed by atoms with Crippen molar-refractivity contribution in [3.8, 4) is 0 Å². The molecule has 0 spiro atoms. The van der Waals surface area contributed by atoms with Crippen molar-refractivity contribution in [1.29, 1.82) is 0 Å². The van der Waals surface area contributed by atoms with Crippen molar-refractivity contribution in [2.45, 2.75) is 16.4 Å². The highest BCUT2D eigenvalue weighted by molar-refractivity contribution is 8.01. The lowest BCUT2D eigenvalue weighted by Gasteiger charge is -2.48. The molecule has 1 aromatic rings. The van der Waals surface area contributed by atoms with Gasteiger partial charge in [-0.3, -0.25) is 9.69 Å². The van der Waals surface area contributed by atoms with Crippen LogP contribution in [0.2, 0.25) is 0 Å². The molecule has 1 fully saturated rings. The molecule has 3 rings (SSSR count). The summed E-state index contributed by atoms with van der Waals surface area (Å²) in [5.41, 5.74) is 7.49. The van der Waals surface area contributed by atoms with Crippen molar-refractivity contribution in [1.82, 2.24) is 15.1 Å². The number of carbonyl (C=O) groups is 2. The summed E-state index contributed by atoms with van der Waals surface area (Å²) >= 11 is 2.76. The van der Waals surface area contributed by atoms with Crippen molar-refractivity contribution in [2.75, 3.05) is 19.0 Å². The van der Waals surface area contributed by atoms with Gasteiger partial charge in [0, 0.05) is 0 Å². The van der Waals surface area contributed by atoms with E-state index in [0.717, 1.165) is 4.34 Å². The Morgan fingerprint density at radius 1 is 1.70 bits per heavy atom. The van der Waals surface area contributed by atoms with Gasteiger partial charge in [-0.25, -0.2) is 4.79 Å². The topological polar surface area (TPSA) is 108 Å². The molecule has 10 heteroatoms. The van der Waals surface area contributed by atoms with Gasteiger partial charge in [0.05, 0.1) is 11.8 Å². The van der Waals surface area contributed by atoms with Crippen LogP contribution < -0.4 is 5.73 Å². The minimum Gasteiger partial charge on any atom is -0.492 e. The van der Waals surface area contributed by atoms with Crippen LogP contribution in [0.5, 0.6) is 0 Å². The molecule has 0 saturated carbocycles. The Kier molecular flexibility index (Phi) is 4.64. The van der Waals surface area contributed by atoms with Crippen LogP contribution in [0.25, 0.3) is 0 Å². The third kappa shape index (κ3) is 2.96. The van der Waals surface area contributed by atoms with Gasteiger partial charge in [-0.05, 0) is 0 Å². The lowest BCUT2D eigenvalue weighted by molar-refractivity contribution is -0.158. The number of ether oxygens (including phenoxy) is 2. The maximum atomic E-state index is 12.3. The lowest BCUT2D eigenvalue weighted by Crippen LogP contribution is -2.71. The molecule has 2 aliphatic rings. The Morgan fingerprint density at radius 2 is 2.52 bits per heavy atom. The van der Waals surface area contributed by atoms with Crippen LogP contribution in [-0.4, -0.2) is 58.0 Å². The van der Waals surface area contributed by atoms with E-state index < -0.39 is 12.0 Å². The highest BCUT2D eigenvalue weighted by atomic mass is 32.2. The number of nitrogens with zero attached hydrogens (tertiary/aromatic N) is 3. The molecule has 8 nitrogen and oxygen atoms in total. The summed E-state index contributed by atoms with van der Waals surface area (Å²) in [5.74, 6) is -0.194. The van der Waals surface area contributed by atoms with Gasteiger partial charge < -0.3 is 15.2 Å². The lowest BCUT2D eigenvalue weighted by atomic mass is 9.94. The number of hydrogen-bond acceptors (Lipinski definition) is 9. The first-order valence-electron chi connectivity index (χ1n) is 6.75. The Balaban J connectivity index is 1.83. The van der Waals surface area contributed by atoms with Crippen molar-refractivity contribution in [2.24, 2.45) is 5.73 Å². The molecule has 2 atom stereocenters. The summed E-state index contributed by atoms with van der Waals surface area (Å²) in [6.45, 7) is 3.81. The van der Waals surface area contributed by atoms with Crippen molar-refractivity contribution >= 4 is 35.0 Å². The van der Waals surface area contributed by atoms with E-state index in [4.69, 9.17) is 15.2 Å². The van der Waals surface area contributed by atoms with Crippen LogP contribution in [0.3, 0.4) is 0 Å². The first-order valence-corrected chi connectivity index (χ1v) is 8.61. The first-order chi connectivity index (χ1) is 11.1. The maximum Gasteiger partial charge on any atom is 0.358 e. The Morgan fingerprint density at radius 3 is 3.22 bits per heavy atom. The molecule has 0 aromatic carbocycles. The van der Waals surface area contributed by atoms with E-state index in [1.54, 1.807) is 5.51 Å². The van der Waals surface area contributed by atoms with Gasteiger partial charge in [0.1, 0.15) is 30.5 Å². The summed E-state index contributed by atoms with van der Waals surface area (Å²) in [5, 5.41) is 7.67. The minimum absolute atomic E-state index is 0.0535. The second-order valence-electron chi connectivity index (χ2n) is 4.76. The number of β-lactam (4-membered cyclic amide) rings is 1. The van der Waals surface area contributed by atoms with Crippen molar-refractivity contribution < 1.29 is 19.1 Å². The Hall–Kier alpha value is -1.91. The zero-order chi connectivity index (χ0) is 16.4. The van der Waals surface area contributed by atoms with Crippen molar-refractivity contribution in [3.63, 3.8) is 0 Å². The number of amides is 1. The van der Waals surface area contributed by atoms with Crippen LogP contribution in [0.1, 0.15) is 0 Å². The fourth-order valence-electron chi connectivity index (χ4n) is 2.29. The van der Waals surface area contributed by atoms with Gasteiger partial charge in [0.15, 0.2) is 10.0 Å². The van der Waals surface area contributed by atoms with E-state index in [-0.39, 0.29) is 30.9 Å². The monoisotopic (exact) mass is 354 g/mol. The number of aromatic nitrogens is 2. The molecule has 1 amide bonds. The van der Waals surface area contributed by atoms with Gasteiger partial charge in [-0.2, -0.15) is 0 Å². The van der Waals surface area contributed by atoms with Crippen LogP contribution in [-0.2, 0) is 19.1 Å². The minimum atomic E-state index is -0.644. The van der Waals surface area contributed by atoms with Gasteiger partial charge in [0.25, 0.3) is 0 Å². The average Bonchev–Trinajstić information content (AvgIpc) is 3.09. The summed E-state index contributed by atoms with van der Waals surface area (Å²) in [6.07, 6.45) is 1.46. The summed E-state index contributed by atoms with van der Waals surface area (Å²) < 4.78 is 11.5. The fraction of sp³-hybridized carbons (Fsp3) is 0.385. The zero-order valence-electron chi connectivity index (χ0n) is 12.0. The molecule has 0 unspecified atom stereocenters. The zero-order valence-corrected chi connectivity index (χ0v) is 13.6. The molecule has 122 valence electrons. The molecule has 0 bridgehead atoms. The number of fused-ring (bicyclic) bond motifs is 1. The highest BCUT2D eigenvalue weighted by Gasteiger charge is 2.52. The maximum absolute atomic E-state index is 12.3. The van der Waals surface area contributed by atoms with E-state index >= 15 is 0 Å². The molecular weight excluding hydrogens is 340 g/mol. The average molecular weight is 354 g/mol. The molecule has 0 radical (unpaired) electrons. The second-order valence-corrected chi connectivity index (χ2v) is 6.82. The molecule has 1 aromatic heterocycles. The van der Waals surface area contributed by atoms with Gasteiger partial charge in [0.2, 0.25) is 5.91 Å². The third-order valence-corrected chi connectivity index (χ3v) is 5.25. The van der Waals surface area contributed by atoms with Crippen LogP contribution in [0, 0.1) is 0 Å². The molecule has 1 saturated heterocycles. The molecule has 3 heterocycles. The molecule has 2 aliphatic heterocycles. The molecular formula is C13H14N4O4S2. The first kappa shape index (κ1) is 16.0. The normalized spacial score (nSPS) is 23.0. The number of hydrogen-bond donors (Lipinski definition) is 1. The summed E-state index contributed by atoms with van der Waals surface area (Å²) in [6, 6.07) is -0.973. The number of esters is 1. The summed E-state index contributed by atoms with van der Waals surface area (Å²) in [4.78, 5) is 25.7. The SMILES string of the molecule is C=CCOC(=O)C1=C(CSc2nncs2)OC[C@@H]2[C@H](N)C(=O)N12. The molecule has 2 N–H and O–H groups in total. The molecule has 23 heavy (non-hydrogen) atoms. The largest absolute Gasteiger partial charge is 0.492 e. The van der Waals surface area contributed by atoms with E-state index in [9.17, 15) is 9.59 Å². The Bertz CT molecular complexity index is 661. The number of nitrogens with two attached hydrogens (primary N) is 1.